The topological polar surface area (TPSA) is 72.1 Å². The van der Waals surface area contributed by atoms with Gasteiger partial charge in [-0.1, -0.05) is 12.1 Å². The van der Waals surface area contributed by atoms with E-state index in [0.29, 0.717) is 18.1 Å². The average Bonchev–Trinajstić information content (AvgIpc) is 3.16. The molecule has 3 rings (SSSR count). The molecule has 2 aromatic rings. The summed E-state index contributed by atoms with van der Waals surface area (Å²) in [7, 11) is 0. The molecule has 1 atom stereocenters. The molecule has 6 heteroatoms. The van der Waals surface area contributed by atoms with E-state index in [1.165, 1.54) is 0 Å². The van der Waals surface area contributed by atoms with Crippen molar-refractivity contribution in [2.45, 2.75) is 38.6 Å². The van der Waals surface area contributed by atoms with Gasteiger partial charge in [0.2, 0.25) is 11.8 Å². The van der Waals surface area contributed by atoms with Gasteiger partial charge >= 0.3 is 0 Å². The number of carbonyl (C=O) groups excluding carboxylic acids is 1. The van der Waals surface area contributed by atoms with Crippen LogP contribution in [0, 0.1) is 0 Å². The standard InChI is InChI=1S/C15H18N4O2/c1-2-13-17-15(21-18-13)12-4-3-9-19(12)14(20)10-11-5-7-16-8-6-11/h5-8,12H,2-4,9-10H2,1H3/t12-/m0/s1. The summed E-state index contributed by atoms with van der Waals surface area (Å²) in [5.74, 6) is 1.35. The van der Waals surface area contributed by atoms with Crippen molar-refractivity contribution in [3.63, 3.8) is 0 Å². The number of hydrogen-bond donors (Lipinski definition) is 0. The van der Waals surface area contributed by atoms with E-state index >= 15 is 0 Å². The number of carbonyl (C=O) groups is 1. The molecule has 2 aromatic heterocycles. The zero-order valence-electron chi connectivity index (χ0n) is 12.0. The Balaban J connectivity index is 1.73. The van der Waals surface area contributed by atoms with E-state index in [1.54, 1.807) is 12.4 Å². The van der Waals surface area contributed by atoms with Gasteiger partial charge < -0.3 is 9.42 Å². The SMILES string of the molecule is CCc1noc([C@@H]2CCCN2C(=O)Cc2ccncc2)n1. The molecule has 1 aliphatic heterocycles. The molecular formula is C15H18N4O2. The molecule has 0 N–H and O–H groups in total. The van der Waals surface area contributed by atoms with Crippen LogP contribution in [-0.4, -0.2) is 32.5 Å². The second kappa shape index (κ2) is 6.03. The Labute approximate surface area is 123 Å². The number of hydrogen-bond acceptors (Lipinski definition) is 5. The maximum absolute atomic E-state index is 12.5. The smallest absolute Gasteiger partial charge is 0.249 e. The van der Waals surface area contributed by atoms with Crippen molar-refractivity contribution in [1.29, 1.82) is 0 Å². The summed E-state index contributed by atoms with van der Waals surface area (Å²) in [6.45, 7) is 2.73. The van der Waals surface area contributed by atoms with Gasteiger partial charge in [-0.05, 0) is 30.5 Å². The third-order valence-electron chi connectivity index (χ3n) is 3.76. The van der Waals surface area contributed by atoms with Crippen LogP contribution < -0.4 is 0 Å². The van der Waals surface area contributed by atoms with Gasteiger partial charge in [-0.25, -0.2) is 0 Å². The van der Waals surface area contributed by atoms with Crippen molar-refractivity contribution in [1.82, 2.24) is 20.0 Å². The summed E-state index contributed by atoms with van der Waals surface area (Å²) in [5, 5.41) is 3.92. The highest BCUT2D eigenvalue weighted by atomic mass is 16.5. The molecule has 110 valence electrons. The van der Waals surface area contributed by atoms with E-state index in [4.69, 9.17) is 4.52 Å². The maximum atomic E-state index is 12.5. The monoisotopic (exact) mass is 286 g/mol. The first-order valence-electron chi connectivity index (χ1n) is 7.28. The third-order valence-corrected chi connectivity index (χ3v) is 3.76. The average molecular weight is 286 g/mol. The molecule has 0 spiro atoms. The summed E-state index contributed by atoms with van der Waals surface area (Å²) >= 11 is 0. The van der Waals surface area contributed by atoms with Gasteiger partial charge in [0.25, 0.3) is 0 Å². The second-order valence-corrected chi connectivity index (χ2v) is 5.18. The zero-order chi connectivity index (χ0) is 14.7. The van der Waals surface area contributed by atoms with Crippen LogP contribution in [0.3, 0.4) is 0 Å². The number of aromatic nitrogens is 3. The van der Waals surface area contributed by atoms with Crippen LogP contribution in [0.15, 0.2) is 29.0 Å². The van der Waals surface area contributed by atoms with Crippen molar-refractivity contribution >= 4 is 5.91 Å². The van der Waals surface area contributed by atoms with E-state index in [0.717, 1.165) is 31.4 Å². The Hall–Kier alpha value is -2.24. The molecule has 21 heavy (non-hydrogen) atoms. The normalized spacial score (nSPS) is 18.1. The molecule has 6 nitrogen and oxygen atoms in total. The molecule has 1 saturated heterocycles. The van der Waals surface area contributed by atoms with Crippen molar-refractivity contribution in [2.75, 3.05) is 6.54 Å². The van der Waals surface area contributed by atoms with Gasteiger partial charge in [0.15, 0.2) is 5.82 Å². The van der Waals surface area contributed by atoms with Crippen LogP contribution in [0.25, 0.3) is 0 Å². The van der Waals surface area contributed by atoms with E-state index in [2.05, 4.69) is 15.1 Å². The Kier molecular flexibility index (Phi) is 3.94. The minimum atomic E-state index is -0.0767. The van der Waals surface area contributed by atoms with Gasteiger partial charge in [0, 0.05) is 25.4 Å². The van der Waals surface area contributed by atoms with E-state index < -0.39 is 0 Å². The predicted molar refractivity (Wildman–Crippen MR) is 75.3 cm³/mol. The number of rotatable bonds is 4. The molecular weight excluding hydrogens is 268 g/mol. The minimum absolute atomic E-state index is 0.0767. The lowest BCUT2D eigenvalue weighted by molar-refractivity contribution is -0.131. The molecule has 0 saturated carbocycles. The second-order valence-electron chi connectivity index (χ2n) is 5.18. The van der Waals surface area contributed by atoms with E-state index in [-0.39, 0.29) is 11.9 Å². The van der Waals surface area contributed by atoms with Crippen molar-refractivity contribution < 1.29 is 9.32 Å². The first-order valence-corrected chi connectivity index (χ1v) is 7.28. The van der Waals surface area contributed by atoms with Crippen molar-refractivity contribution in [2.24, 2.45) is 0 Å². The largest absolute Gasteiger partial charge is 0.337 e. The fraction of sp³-hybridized carbons (Fsp3) is 0.467. The summed E-state index contributed by atoms with van der Waals surface area (Å²) in [5.41, 5.74) is 0.973. The first-order chi connectivity index (χ1) is 10.3. The van der Waals surface area contributed by atoms with Crippen LogP contribution in [0.1, 0.15) is 43.1 Å². The van der Waals surface area contributed by atoms with E-state index in [1.807, 2.05) is 24.0 Å². The van der Waals surface area contributed by atoms with Crippen LogP contribution in [0.2, 0.25) is 0 Å². The van der Waals surface area contributed by atoms with Gasteiger partial charge in [0.1, 0.15) is 6.04 Å². The molecule has 0 bridgehead atoms. The Morgan fingerprint density at radius 2 is 2.24 bits per heavy atom. The quantitative estimate of drug-likeness (QED) is 0.858. The van der Waals surface area contributed by atoms with Gasteiger partial charge in [-0.15, -0.1) is 0 Å². The van der Waals surface area contributed by atoms with Crippen molar-refractivity contribution in [3.05, 3.63) is 41.8 Å². The lowest BCUT2D eigenvalue weighted by Gasteiger charge is -2.21. The number of likely N-dealkylation sites (tertiary alicyclic amines) is 1. The predicted octanol–water partition coefficient (Wildman–Crippen LogP) is 1.93. The molecule has 1 fully saturated rings. The highest BCUT2D eigenvalue weighted by Crippen LogP contribution is 2.31. The number of nitrogens with zero attached hydrogens (tertiary/aromatic N) is 4. The molecule has 0 aromatic carbocycles. The van der Waals surface area contributed by atoms with Gasteiger partial charge in [-0.3, -0.25) is 9.78 Å². The Morgan fingerprint density at radius 3 is 2.95 bits per heavy atom. The van der Waals surface area contributed by atoms with Gasteiger partial charge in [-0.2, -0.15) is 4.98 Å². The molecule has 0 unspecified atom stereocenters. The maximum Gasteiger partial charge on any atom is 0.249 e. The van der Waals surface area contributed by atoms with Crippen LogP contribution in [0.4, 0.5) is 0 Å². The summed E-state index contributed by atoms with van der Waals surface area (Å²) < 4.78 is 5.31. The van der Waals surface area contributed by atoms with Gasteiger partial charge in [0.05, 0.1) is 6.42 Å². The molecule has 0 aliphatic carbocycles. The third kappa shape index (κ3) is 2.94. The van der Waals surface area contributed by atoms with Crippen LogP contribution in [0.5, 0.6) is 0 Å². The highest BCUT2D eigenvalue weighted by molar-refractivity contribution is 5.79. The number of pyridine rings is 1. The minimum Gasteiger partial charge on any atom is -0.337 e. The van der Waals surface area contributed by atoms with Crippen molar-refractivity contribution in [3.8, 4) is 0 Å². The lowest BCUT2D eigenvalue weighted by atomic mass is 10.1. The molecule has 1 amide bonds. The molecule has 3 heterocycles. The Morgan fingerprint density at radius 1 is 1.43 bits per heavy atom. The summed E-state index contributed by atoms with van der Waals surface area (Å²) in [6, 6.07) is 3.66. The fourth-order valence-corrected chi connectivity index (χ4v) is 2.65. The number of aryl methyl sites for hydroxylation is 1. The summed E-state index contributed by atoms with van der Waals surface area (Å²) in [6.07, 6.45) is 6.38. The molecule has 1 aliphatic rings. The fourth-order valence-electron chi connectivity index (χ4n) is 2.65. The first kappa shape index (κ1) is 13.7. The van der Waals surface area contributed by atoms with Crippen LogP contribution >= 0.6 is 0 Å². The zero-order valence-corrected chi connectivity index (χ0v) is 12.0. The molecule has 0 radical (unpaired) electrons. The highest BCUT2D eigenvalue weighted by Gasteiger charge is 2.33. The van der Waals surface area contributed by atoms with E-state index in [9.17, 15) is 4.79 Å². The number of amides is 1. The lowest BCUT2D eigenvalue weighted by Crippen LogP contribution is -2.32. The van der Waals surface area contributed by atoms with Crippen LogP contribution in [-0.2, 0) is 17.6 Å². The Bertz CT molecular complexity index is 611. The summed E-state index contributed by atoms with van der Waals surface area (Å²) in [4.78, 5) is 22.7.